The van der Waals surface area contributed by atoms with Crippen LogP contribution < -0.4 is 14.8 Å². The topological polar surface area (TPSA) is 83.0 Å². The van der Waals surface area contributed by atoms with E-state index < -0.39 is 10.0 Å². The van der Waals surface area contributed by atoms with E-state index in [4.69, 9.17) is 9.73 Å². The molecule has 0 atom stereocenters. The van der Waals surface area contributed by atoms with Crippen LogP contribution in [0.25, 0.3) is 0 Å². The summed E-state index contributed by atoms with van der Waals surface area (Å²) in [6, 6.07) is 15.0. The van der Waals surface area contributed by atoms with Crippen molar-refractivity contribution in [2.24, 2.45) is 4.99 Å². The molecule has 8 heteroatoms. The summed E-state index contributed by atoms with van der Waals surface area (Å²) < 4.78 is 32.5. The van der Waals surface area contributed by atoms with Crippen molar-refractivity contribution in [3.63, 3.8) is 0 Å². The van der Waals surface area contributed by atoms with Gasteiger partial charge in [-0.15, -0.1) is 0 Å². The normalized spacial score (nSPS) is 14.4. The third-order valence-corrected chi connectivity index (χ3v) is 6.36. The first-order valence-corrected chi connectivity index (χ1v) is 11.6. The lowest BCUT2D eigenvalue weighted by Gasteiger charge is -2.22. The van der Waals surface area contributed by atoms with E-state index in [2.05, 4.69) is 14.9 Å². The lowest BCUT2D eigenvalue weighted by molar-refractivity contribution is 0.414. The smallest absolute Gasteiger partial charge is 0.240 e. The number of hydrogen-bond donors (Lipinski definition) is 2. The van der Waals surface area contributed by atoms with Gasteiger partial charge in [0.25, 0.3) is 0 Å². The van der Waals surface area contributed by atoms with Gasteiger partial charge in [-0.3, -0.25) is 0 Å². The van der Waals surface area contributed by atoms with Crippen LogP contribution in [0.15, 0.2) is 58.4 Å². The molecule has 0 aromatic heterocycles. The quantitative estimate of drug-likeness (QED) is 0.472. The number of nitrogens with one attached hydrogen (secondary N) is 2. The van der Waals surface area contributed by atoms with Gasteiger partial charge in [0.2, 0.25) is 10.0 Å². The Bertz CT molecular complexity index is 953. The van der Waals surface area contributed by atoms with Gasteiger partial charge in [0.1, 0.15) is 5.75 Å². The first-order valence-electron chi connectivity index (χ1n) is 10.1. The zero-order chi connectivity index (χ0) is 21.6. The van der Waals surface area contributed by atoms with Crippen LogP contribution in [0.1, 0.15) is 30.9 Å². The summed E-state index contributed by atoms with van der Waals surface area (Å²) in [6.07, 6.45) is 1.84. The summed E-state index contributed by atoms with van der Waals surface area (Å²) in [5, 5.41) is 3.30. The summed E-state index contributed by atoms with van der Waals surface area (Å²) >= 11 is 0. The van der Waals surface area contributed by atoms with Gasteiger partial charge in [-0.2, -0.15) is 0 Å². The fourth-order valence-electron chi connectivity index (χ4n) is 2.98. The standard InChI is InChI=1S/C22H30N4O3S/c1-4-23-22(26(2)16-18-5-11-20(29-3)12-6-18)24-15-17-7-13-21(14-8-17)30(27,28)25-19-9-10-19/h5-8,11-14,19,25H,4,9-10,15-16H2,1-3H3,(H,23,24). The van der Waals surface area contributed by atoms with E-state index >= 15 is 0 Å². The first kappa shape index (κ1) is 22.1. The van der Waals surface area contributed by atoms with Gasteiger partial charge in [0, 0.05) is 26.2 Å². The molecule has 1 fully saturated rings. The summed E-state index contributed by atoms with van der Waals surface area (Å²) in [6.45, 7) is 3.96. The molecule has 30 heavy (non-hydrogen) atoms. The number of aliphatic imine (C=N–C) groups is 1. The number of rotatable bonds is 9. The van der Waals surface area contributed by atoms with E-state index in [-0.39, 0.29) is 6.04 Å². The molecule has 1 aliphatic carbocycles. The zero-order valence-electron chi connectivity index (χ0n) is 17.8. The molecule has 3 rings (SSSR count). The molecule has 7 nitrogen and oxygen atoms in total. The van der Waals surface area contributed by atoms with Gasteiger partial charge in [-0.1, -0.05) is 24.3 Å². The van der Waals surface area contributed by atoms with Crippen LogP contribution in [0.5, 0.6) is 5.75 Å². The maximum absolute atomic E-state index is 12.3. The van der Waals surface area contributed by atoms with Gasteiger partial charge in [-0.25, -0.2) is 18.1 Å². The minimum Gasteiger partial charge on any atom is -0.497 e. The molecule has 0 bridgehead atoms. The van der Waals surface area contributed by atoms with Crippen molar-refractivity contribution in [2.75, 3.05) is 20.7 Å². The summed E-state index contributed by atoms with van der Waals surface area (Å²) in [7, 11) is 0.224. The molecule has 162 valence electrons. The Morgan fingerprint density at radius 3 is 2.30 bits per heavy atom. The Hall–Kier alpha value is -2.58. The third kappa shape index (κ3) is 6.21. The van der Waals surface area contributed by atoms with Crippen molar-refractivity contribution >= 4 is 16.0 Å². The van der Waals surface area contributed by atoms with Gasteiger partial charge >= 0.3 is 0 Å². The molecule has 0 aliphatic heterocycles. The number of methoxy groups -OCH3 is 1. The predicted octanol–water partition coefficient (Wildman–Crippen LogP) is 2.73. The number of sulfonamides is 1. The van der Waals surface area contributed by atoms with Crippen LogP contribution in [-0.2, 0) is 23.1 Å². The Balaban J connectivity index is 1.64. The van der Waals surface area contributed by atoms with Crippen molar-refractivity contribution in [1.29, 1.82) is 0 Å². The average molecular weight is 431 g/mol. The molecule has 1 aliphatic rings. The van der Waals surface area contributed by atoms with Crippen LogP contribution in [0.3, 0.4) is 0 Å². The highest BCUT2D eigenvalue weighted by molar-refractivity contribution is 7.89. The minimum absolute atomic E-state index is 0.100. The molecule has 2 aromatic rings. The molecule has 0 heterocycles. The molecule has 0 radical (unpaired) electrons. The summed E-state index contributed by atoms with van der Waals surface area (Å²) in [5.41, 5.74) is 2.11. The van der Waals surface area contributed by atoms with E-state index in [1.165, 1.54) is 0 Å². The van der Waals surface area contributed by atoms with Crippen LogP contribution in [0, 0.1) is 0 Å². The zero-order valence-corrected chi connectivity index (χ0v) is 18.6. The van der Waals surface area contributed by atoms with Gasteiger partial charge < -0.3 is 15.0 Å². The van der Waals surface area contributed by atoms with E-state index in [0.717, 1.165) is 42.2 Å². The molecule has 0 amide bonds. The summed E-state index contributed by atoms with van der Waals surface area (Å²) in [5.74, 6) is 1.63. The second kappa shape index (κ2) is 9.95. The number of benzene rings is 2. The third-order valence-electron chi connectivity index (χ3n) is 4.82. The van der Waals surface area contributed by atoms with Crippen LogP contribution in [0.2, 0.25) is 0 Å². The summed E-state index contributed by atoms with van der Waals surface area (Å²) in [4.78, 5) is 7.06. The van der Waals surface area contributed by atoms with Crippen molar-refractivity contribution in [3.8, 4) is 5.75 Å². The Labute approximate surface area is 179 Å². The monoisotopic (exact) mass is 430 g/mol. The van der Waals surface area contributed by atoms with Gasteiger partial charge in [0.05, 0.1) is 18.6 Å². The second-order valence-corrected chi connectivity index (χ2v) is 9.13. The molecular formula is C22H30N4O3S. The Kier molecular flexibility index (Phi) is 7.33. The number of guanidine groups is 1. The van der Waals surface area contributed by atoms with Crippen LogP contribution in [0.4, 0.5) is 0 Å². The first-order chi connectivity index (χ1) is 14.4. The van der Waals surface area contributed by atoms with Crippen LogP contribution in [-0.4, -0.2) is 46.0 Å². The van der Waals surface area contributed by atoms with Crippen LogP contribution >= 0.6 is 0 Å². The predicted molar refractivity (Wildman–Crippen MR) is 119 cm³/mol. The van der Waals surface area contributed by atoms with E-state index in [9.17, 15) is 8.42 Å². The Morgan fingerprint density at radius 2 is 1.73 bits per heavy atom. The van der Waals surface area contributed by atoms with Gasteiger partial charge in [0.15, 0.2) is 5.96 Å². The van der Waals surface area contributed by atoms with E-state index in [1.807, 2.05) is 50.4 Å². The number of hydrogen-bond acceptors (Lipinski definition) is 4. The highest BCUT2D eigenvalue weighted by atomic mass is 32.2. The van der Waals surface area contributed by atoms with E-state index in [0.29, 0.717) is 18.0 Å². The van der Waals surface area contributed by atoms with Crippen molar-refractivity contribution in [3.05, 3.63) is 59.7 Å². The maximum atomic E-state index is 12.3. The molecule has 0 unspecified atom stereocenters. The molecule has 0 saturated heterocycles. The number of nitrogens with zero attached hydrogens (tertiary/aromatic N) is 2. The molecule has 2 N–H and O–H groups in total. The van der Waals surface area contributed by atoms with Crippen molar-refractivity contribution in [1.82, 2.24) is 14.9 Å². The van der Waals surface area contributed by atoms with E-state index in [1.54, 1.807) is 19.2 Å². The highest BCUT2D eigenvalue weighted by Crippen LogP contribution is 2.22. The molecule has 0 spiro atoms. The lowest BCUT2D eigenvalue weighted by Crippen LogP contribution is -2.38. The van der Waals surface area contributed by atoms with Crippen molar-refractivity contribution in [2.45, 2.75) is 43.8 Å². The molecular weight excluding hydrogens is 400 g/mol. The second-order valence-electron chi connectivity index (χ2n) is 7.41. The fraction of sp³-hybridized carbons (Fsp3) is 0.409. The SMILES string of the molecule is CCNC(=NCc1ccc(S(=O)(=O)NC2CC2)cc1)N(C)Cc1ccc(OC)cc1. The van der Waals surface area contributed by atoms with Gasteiger partial charge in [-0.05, 0) is 55.2 Å². The lowest BCUT2D eigenvalue weighted by atomic mass is 10.2. The Morgan fingerprint density at radius 1 is 1.10 bits per heavy atom. The largest absolute Gasteiger partial charge is 0.497 e. The van der Waals surface area contributed by atoms with Crippen molar-refractivity contribution < 1.29 is 13.2 Å². The number of ether oxygens (including phenoxy) is 1. The fourth-order valence-corrected chi connectivity index (χ4v) is 4.28. The maximum Gasteiger partial charge on any atom is 0.240 e. The minimum atomic E-state index is -3.42. The molecule has 2 aromatic carbocycles. The average Bonchev–Trinajstić information content (AvgIpc) is 3.55. The highest BCUT2D eigenvalue weighted by Gasteiger charge is 2.27. The molecule has 1 saturated carbocycles.